The van der Waals surface area contributed by atoms with Gasteiger partial charge in [0.05, 0.1) is 5.69 Å². The summed E-state index contributed by atoms with van der Waals surface area (Å²) in [5.41, 5.74) is 2.66. The summed E-state index contributed by atoms with van der Waals surface area (Å²) in [5, 5.41) is 12.3. The number of hydrogen-bond acceptors (Lipinski definition) is 4. The molecule has 3 aromatic rings. The van der Waals surface area contributed by atoms with Crippen molar-refractivity contribution >= 4 is 22.6 Å². The summed E-state index contributed by atoms with van der Waals surface area (Å²) in [6, 6.07) is 11.6. The van der Waals surface area contributed by atoms with E-state index in [1.807, 2.05) is 49.5 Å². The second-order valence-corrected chi connectivity index (χ2v) is 6.29. The number of carbonyl (C=O) groups excluding carboxylic acids is 1. The molecule has 2 N–H and O–H groups in total. The predicted octanol–water partition coefficient (Wildman–Crippen LogP) is 2.13. The molecule has 0 saturated carbocycles. The van der Waals surface area contributed by atoms with Gasteiger partial charge in [-0.15, -0.1) is 5.10 Å². The van der Waals surface area contributed by atoms with E-state index in [4.69, 9.17) is 0 Å². The van der Waals surface area contributed by atoms with Gasteiger partial charge in [0.25, 0.3) is 5.91 Å². The standard InChI is InChI=1S/C18H19N5O/c1-12-2-5-17(22-21-12)23-10-13(11-23)9-20-18(24)15-3-4-16-14(8-15)6-7-19-16/h2-8,13,19H,9-11H2,1H3,(H,20,24). The molecule has 4 rings (SSSR count). The number of carbonyl (C=O) groups is 1. The zero-order valence-corrected chi connectivity index (χ0v) is 13.5. The van der Waals surface area contributed by atoms with Crippen LogP contribution in [0.4, 0.5) is 5.82 Å². The second kappa shape index (κ2) is 5.96. The topological polar surface area (TPSA) is 73.9 Å². The van der Waals surface area contributed by atoms with Crippen LogP contribution in [0.1, 0.15) is 16.1 Å². The van der Waals surface area contributed by atoms with Gasteiger partial charge in [0.1, 0.15) is 0 Å². The number of aromatic nitrogens is 3. The lowest BCUT2D eigenvalue weighted by Gasteiger charge is -2.39. The molecule has 0 radical (unpaired) electrons. The number of rotatable bonds is 4. The van der Waals surface area contributed by atoms with Crippen LogP contribution in [0.5, 0.6) is 0 Å². The Morgan fingerprint density at radius 2 is 2.12 bits per heavy atom. The lowest BCUT2D eigenvalue weighted by atomic mass is 10.00. The van der Waals surface area contributed by atoms with Crippen LogP contribution in [-0.4, -0.2) is 40.7 Å². The van der Waals surface area contributed by atoms with E-state index in [1.165, 1.54) is 0 Å². The smallest absolute Gasteiger partial charge is 0.251 e. The fraction of sp³-hybridized carbons (Fsp3) is 0.278. The van der Waals surface area contributed by atoms with Crippen molar-refractivity contribution in [3.05, 3.63) is 53.9 Å². The second-order valence-electron chi connectivity index (χ2n) is 6.29. The fourth-order valence-corrected chi connectivity index (χ4v) is 2.98. The molecule has 0 unspecified atom stereocenters. The van der Waals surface area contributed by atoms with Gasteiger partial charge in [-0.1, -0.05) is 0 Å². The molecule has 0 aliphatic carbocycles. The SMILES string of the molecule is Cc1ccc(N2CC(CNC(=O)c3ccc4[nH]ccc4c3)C2)nn1. The van der Waals surface area contributed by atoms with Gasteiger partial charge in [-0.05, 0) is 43.3 Å². The van der Waals surface area contributed by atoms with Gasteiger partial charge in [0, 0.05) is 48.2 Å². The van der Waals surface area contributed by atoms with E-state index < -0.39 is 0 Å². The minimum atomic E-state index is -0.0216. The van der Waals surface area contributed by atoms with Crippen LogP contribution >= 0.6 is 0 Å². The number of amides is 1. The van der Waals surface area contributed by atoms with Crippen LogP contribution in [0.2, 0.25) is 0 Å². The van der Waals surface area contributed by atoms with Gasteiger partial charge in [-0.2, -0.15) is 5.10 Å². The first-order valence-corrected chi connectivity index (χ1v) is 8.10. The van der Waals surface area contributed by atoms with Gasteiger partial charge in [0.2, 0.25) is 0 Å². The summed E-state index contributed by atoms with van der Waals surface area (Å²) in [6.07, 6.45) is 1.88. The number of aryl methyl sites for hydroxylation is 1. The molecular weight excluding hydrogens is 302 g/mol. The molecule has 0 atom stereocenters. The minimum Gasteiger partial charge on any atom is -0.361 e. The molecule has 0 bridgehead atoms. The van der Waals surface area contributed by atoms with Crippen molar-refractivity contribution in [2.24, 2.45) is 5.92 Å². The number of H-pyrrole nitrogens is 1. The Balaban J connectivity index is 1.30. The Kier molecular flexibility index (Phi) is 3.65. The first kappa shape index (κ1) is 14.7. The maximum atomic E-state index is 12.3. The molecule has 0 spiro atoms. The molecule has 1 fully saturated rings. The van der Waals surface area contributed by atoms with Crippen LogP contribution in [0.25, 0.3) is 10.9 Å². The Morgan fingerprint density at radius 1 is 1.25 bits per heavy atom. The van der Waals surface area contributed by atoms with Gasteiger partial charge < -0.3 is 15.2 Å². The van der Waals surface area contributed by atoms with Crippen molar-refractivity contribution in [2.75, 3.05) is 24.5 Å². The number of aromatic amines is 1. The van der Waals surface area contributed by atoms with Crippen molar-refractivity contribution in [1.29, 1.82) is 0 Å². The summed E-state index contributed by atoms with van der Waals surface area (Å²) >= 11 is 0. The van der Waals surface area contributed by atoms with E-state index in [1.54, 1.807) is 0 Å². The highest BCUT2D eigenvalue weighted by atomic mass is 16.1. The summed E-state index contributed by atoms with van der Waals surface area (Å²) < 4.78 is 0. The summed E-state index contributed by atoms with van der Waals surface area (Å²) in [7, 11) is 0. The molecule has 1 aliphatic heterocycles. The Labute approximate surface area is 139 Å². The van der Waals surface area contributed by atoms with Crippen LogP contribution in [-0.2, 0) is 0 Å². The van der Waals surface area contributed by atoms with Crippen LogP contribution in [0.15, 0.2) is 42.6 Å². The van der Waals surface area contributed by atoms with Gasteiger partial charge >= 0.3 is 0 Å². The third-order valence-corrected chi connectivity index (χ3v) is 4.43. The summed E-state index contributed by atoms with van der Waals surface area (Å²) in [5.74, 6) is 1.33. The van der Waals surface area contributed by atoms with E-state index >= 15 is 0 Å². The predicted molar refractivity (Wildman–Crippen MR) is 93.1 cm³/mol. The van der Waals surface area contributed by atoms with Gasteiger partial charge in [-0.3, -0.25) is 4.79 Å². The molecule has 1 amide bonds. The van der Waals surface area contributed by atoms with E-state index in [2.05, 4.69) is 25.4 Å². The number of hydrogen-bond donors (Lipinski definition) is 2. The van der Waals surface area contributed by atoms with E-state index in [0.717, 1.165) is 35.5 Å². The van der Waals surface area contributed by atoms with Crippen molar-refractivity contribution in [3.63, 3.8) is 0 Å². The third-order valence-electron chi connectivity index (χ3n) is 4.43. The lowest BCUT2D eigenvalue weighted by molar-refractivity contribution is 0.0944. The molecule has 3 heterocycles. The molecule has 1 aliphatic rings. The first-order valence-electron chi connectivity index (χ1n) is 8.10. The molecule has 2 aromatic heterocycles. The van der Waals surface area contributed by atoms with Crippen LogP contribution in [0, 0.1) is 12.8 Å². The molecule has 24 heavy (non-hydrogen) atoms. The maximum Gasteiger partial charge on any atom is 0.251 e. The normalized spacial score (nSPS) is 14.6. The number of nitrogens with zero attached hydrogens (tertiary/aromatic N) is 3. The fourth-order valence-electron chi connectivity index (χ4n) is 2.98. The lowest BCUT2D eigenvalue weighted by Crippen LogP contribution is -2.51. The third kappa shape index (κ3) is 2.82. The van der Waals surface area contributed by atoms with Crippen LogP contribution < -0.4 is 10.2 Å². The molecule has 1 saturated heterocycles. The van der Waals surface area contributed by atoms with Gasteiger partial charge in [0.15, 0.2) is 5.82 Å². The molecular formula is C18H19N5O. The largest absolute Gasteiger partial charge is 0.361 e. The zero-order valence-electron chi connectivity index (χ0n) is 13.5. The van der Waals surface area contributed by atoms with E-state index in [-0.39, 0.29) is 5.91 Å². The van der Waals surface area contributed by atoms with Crippen LogP contribution in [0.3, 0.4) is 0 Å². The van der Waals surface area contributed by atoms with Gasteiger partial charge in [-0.25, -0.2) is 0 Å². The average Bonchev–Trinajstić information content (AvgIpc) is 3.02. The summed E-state index contributed by atoms with van der Waals surface area (Å²) in [4.78, 5) is 17.6. The molecule has 122 valence electrons. The Hall–Kier alpha value is -2.89. The number of benzene rings is 1. The molecule has 6 heteroatoms. The monoisotopic (exact) mass is 321 g/mol. The highest BCUT2D eigenvalue weighted by molar-refractivity contribution is 5.98. The van der Waals surface area contributed by atoms with Crippen molar-refractivity contribution in [2.45, 2.75) is 6.92 Å². The Bertz CT molecular complexity index is 865. The van der Waals surface area contributed by atoms with Crippen molar-refractivity contribution in [3.8, 4) is 0 Å². The Morgan fingerprint density at radius 3 is 2.92 bits per heavy atom. The minimum absolute atomic E-state index is 0.0216. The van der Waals surface area contributed by atoms with E-state index in [0.29, 0.717) is 18.0 Å². The molecule has 6 nitrogen and oxygen atoms in total. The number of fused-ring (bicyclic) bond motifs is 1. The summed E-state index contributed by atoms with van der Waals surface area (Å²) in [6.45, 7) is 4.40. The number of anilines is 1. The van der Waals surface area contributed by atoms with Crippen molar-refractivity contribution < 1.29 is 4.79 Å². The number of nitrogens with one attached hydrogen (secondary N) is 2. The first-order chi connectivity index (χ1) is 11.7. The van der Waals surface area contributed by atoms with E-state index in [9.17, 15) is 4.79 Å². The quantitative estimate of drug-likeness (QED) is 0.772. The average molecular weight is 321 g/mol. The highest BCUT2D eigenvalue weighted by Crippen LogP contribution is 2.21. The zero-order chi connectivity index (χ0) is 16.5. The maximum absolute atomic E-state index is 12.3. The molecule has 1 aromatic carbocycles. The highest BCUT2D eigenvalue weighted by Gasteiger charge is 2.28. The van der Waals surface area contributed by atoms with Crippen molar-refractivity contribution in [1.82, 2.24) is 20.5 Å².